The molecule has 0 bridgehead atoms. The zero-order valence-corrected chi connectivity index (χ0v) is 20.2. The minimum Gasteiger partial charge on any atom is -0.399 e. The first-order valence-electron chi connectivity index (χ1n) is 10.7. The summed E-state index contributed by atoms with van der Waals surface area (Å²) in [5.41, 5.74) is -0.0557. The number of hydrogen-bond acceptors (Lipinski definition) is 4. The largest absolute Gasteiger partial charge is 0.497 e. The predicted molar refractivity (Wildman–Crippen MR) is 125 cm³/mol. The van der Waals surface area contributed by atoms with Gasteiger partial charge in [-0.2, -0.15) is 13.2 Å². The summed E-state index contributed by atoms with van der Waals surface area (Å²) >= 11 is 0. The maximum Gasteiger partial charge on any atom is 0.497 e. The first kappa shape index (κ1) is 24.9. The quantitative estimate of drug-likeness (QED) is 0.433. The van der Waals surface area contributed by atoms with Gasteiger partial charge in [-0.15, -0.1) is 0 Å². The number of nitrogens with one attached hydrogen (secondary N) is 1. The van der Waals surface area contributed by atoms with E-state index in [1.807, 2.05) is 53.7 Å². The highest BCUT2D eigenvalue weighted by atomic mass is 31.2. The Morgan fingerprint density at radius 2 is 1.47 bits per heavy atom. The van der Waals surface area contributed by atoms with E-state index in [9.17, 15) is 17.7 Å². The van der Waals surface area contributed by atoms with Crippen LogP contribution in [0.3, 0.4) is 0 Å². The van der Waals surface area contributed by atoms with Gasteiger partial charge in [0.05, 0.1) is 16.8 Å². The second-order valence-electron chi connectivity index (χ2n) is 9.08. The molecule has 0 saturated carbocycles. The van der Waals surface area contributed by atoms with Crippen LogP contribution in [-0.4, -0.2) is 30.6 Å². The molecule has 174 valence electrons. The van der Waals surface area contributed by atoms with Crippen molar-refractivity contribution < 1.29 is 27.0 Å². The molecule has 1 aliphatic rings. The molecule has 0 amide bonds. The molecule has 0 unspecified atom stereocenters. The van der Waals surface area contributed by atoms with Crippen LogP contribution < -0.4 is 16.1 Å². The van der Waals surface area contributed by atoms with Crippen LogP contribution in [0, 0.1) is 0 Å². The predicted octanol–water partition coefficient (Wildman–Crippen LogP) is 5.78. The van der Waals surface area contributed by atoms with Crippen LogP contribution in [0.2, 0.25) is 0 Å². The minimum atomic E-state index is -4.39. The molecule has 0 radical (unpaired) electrons. The summed E-state index contributed by atoms with van der Waals surface area (Å²) in [4.78, 5) is 0. The Morgan fingerprint density at radius 1 is 0.938 bits per heavy atom. The molecule has 4 nitrogen and oxygen atoms in total. The monoisotopic (exact) mass is 467 g/mol. The third-order valence-electron chi connectivity index (χ3n) is 6.53. The van der Waals surface area contributed by atoms with E-state index >= 15 is 0 Å². The van der Waals surface area contributed by atoms with Gasteiger partial charge >= 0.3 is 13.3 Å². The Hall–Kier alpha value is -1.76. The summed E-state index contributed by atoms with van der Waals surface area (Å²) < 4.78 is 64.5. The fourth-order valence-electron chi connectivity index (χ4n) is 3.57. The number of hydrogen-bond donors (Lipinski definition) is 1. The standard InChI is InChI=1S/C23H30BF3NO3P/c1-7-32(29,8-2)18-13-14-20(28-17-11-9-16(10-12-17)23(25,26)27)19(15-18)24-30-21(3,4)22(5,6)31-24/h9-15,28H,7-8H2,1-6H3. The van der Waals surface area contributed by atoms with Gasteiger partial charge < -0.3 is 19.2 Å². The second-order valence-corrected chi connectivity index (χ2v) is 12.6. The van der Waals surface area contributed by atoms with Crippen molar-refractivity contribution in [3.63, 3.8) is 0 Å². The van der Waals surface area contributed by atoms with Gasteiger partial charge in [-0.05, 0) is 70.2 Å². The summed E-state index contributed by atoms with van der Waals surface area (Å²) in [7, 11) is -3.27. The normalized spacial score (nSPS) is 18.1. The number of benzene rings is 2. The first-order chi connectivity index (χ1) is 14.7. The van der Waals surface area contributed by atoms with Gasteiger partial charge in [0, 0.05) is 34.5 Å². The maximum atomic E-state index is 13.4. The van der Waals surface area contributed by atoms with E-state index in [4.69, 9.17) is 9.31 Å². The van der Waals surface area contributed by atoms with E-state index in [2.05, 4.69) is 5.32 Å². The molecule has 0 aliphatic carbocycles. The molecular weight excluding hydrogens is 437 g/mol. The van der Waals surface area contributed by atoms with Crippen molar-refractivity contribution in [2.75, 3.05) is 17.6 Å². The summed E-state index contributed by atoms with van der Waals surface area (Å²) in [5.74, 6) is 0. The lowest BCUT2D eigenvalue weighted by atomic mass is 9.77. The number of anilines is 2. The molecule has 9 heteroatoms. The van der Waals surface area contributed by atoms with Gasteiger partial charge in [0.15, 0.2) is 0 Å². The smallest absolute Gasteiger partial charge is 0.399 e. The van der Waals surface area contributed by atoms with Crippen LogP contribution in [0.4, 0.5) is 24.5 Å². The highest BCUT2D eigenvalue weighted by molar-refractivity contribution is 7.71. The van der Waals surface area contributed by atoms with Gasteiger partial charge in [-0.3, -0.25) is 0 Å². The third-order valence-corrected chi connectivity index (χ3v) is 9.79. The molecule has 2 aromatic carbocycles. The van der Waals surface area contributed by atoms with E-state index in [0.717, 1.165) is 17.4 Å². The molecule has 0 atom stereocenters. The Bertz CT molecular complexity index is 998. The fraction of sp³-hybridized carbons (Fsp3) is 0.478. The van der Waals surface area contributed by atoms with Crippen molar-refractivity contribution in [2.24, 2.45) is 0 Å². The molecule has 2 aromatic rings. The number of halogens is 3. The average molecular weight is 467 g/mol. The lowest BCUT2D eigenvalue weighted by molar-refractivity contribution is -0.137. The lowest BCUT2D eigenvalue weighted by Crippen LogP contribution is -2.41. The molecule has 1 saturated heterocycles. The Labute approximate surface area is 188 Å². The Balaban J connectivity index is 2.03. The van der Waals surface area contributed by atoms with Crippen LogP contribution in [0.1, 0.15) is 47.1 Å². The van der Waals surface area contributed by atoms with Gasteiger partial charge in [0.25, 0.3) is 0 Å². The molecule has 1 fully saturated rings. The Morgan fingerprint density at radius 3 is 1.94 bits per heavy atom. The summed E-state index contributed by atoms with van der Waals surface area (Å²) in [5, 5.41) is 3.92. The molecule has 0 spiro atoms. The number of alkyl halides is 3. The lowest BCUT2D eigenvalue weighted by Gasteiger charge is -2.32. The molecule has 3 rings (SSSR count). The van der Waals surface area contributed by atoms with Gasteiger partial charge in [0.1, 0.15) is 7.14 Å². The van der Waals surface area contributed by atoms with E-state index in [1.54, 1.807) is 6.07 Å². The van der Waals surface area contributed by atoms with Gasteiger partial charge in [0.2, 0.25) is 0 Å². The van der Waals surface area contributed by atoms with Gasteiger partial charge in [-0.25, -0.2) is 0 Å². The third kappa shape index (κ3) is 4.78. The van der Waals surface area contributed by atoms with E-state index in [0.29, 0.717) is 29.2 Å². The maximum absolute atomic E-state index is 13.4. The van der Waals surface area contributed by atoms with Crippen LogP contribution >= 0.6 is 7.14 Å². The van der Waals surface area contributed by atoms with Crippen molar-refractivity contribution in [2.45, 2.75) is 58.9 Å². The van der Waals surface area contributed by atoms with Crippen LogP contribution in [0.25, 0.3) is 0 Å². The molecule has 0 aromatic heterocycles. The molecular formula is C23H30BF3NO3P. The van der Waals surface area contributed by atoms with Gasteiger partial charge in [-0.1, -0.05) is 13.8 Å². The minimum absolute atomic E-state index is 0.498. The highest BCUT2D eigenvalue weighted by Crippen LogP contribution is 2.44. The van der Waals surface area contributed by atoms with E-state index in [1.165, 1.54) is 12.1 Å². The van der Waals surface area contributed by atoms with Crippen LogP contribution in [0.15, 0.2) is 42.5 Å². The zero-order valence-electron chi connectivity index (χ0n) is 19.3. The molecule has 1 aliphatic heterocycles. The Kier molecular flexibility index (Phi) is 6.65. The van der Waals surface area contributed by atoms with Crippen LogP contribution in [0.5, 0.6) is 0 Å². The van der Waals surface area contributed by atoms with E-state index < -0.39 is 37.2 Å². The fourth-order valence-corrected chi connectivity index (χ4v) is 5.47. The van der Waals surface area contributed by atoms with E-state index in [-0.39, 0.29) is 0 Å². The highest BCUT2D eigenvalue weighted by Gasteiger charge is 2.52. The summed E-state index contributed by atoms with van der Waals surface area (Å²) in [6, 6.07) is 10.3. The van der Waals surface area contributed by atoms with Crippen molar-refractivity contribution in [3.8, 4) is 0 Å². The molecule has 1 heterocycles. The van der Waals surface area contributed by atoms with Crippen molar-refractivity contribution >= 4 is 36.4 Å². The van der Waals surface area contributed by atoms with Crippen LogP contribution in [-0.2, 0) is 20.1 Å². The molecule has 1 N–H and O–H groups in total. The van der Waals surface area contributed by atoms with Crippen molar-refractivity contribution in [3.05, 3.63) is 48.0 Å². The SMILES string of the molecule is CCP(=O)(CC)c1ccc(Nc2ccc(C(F)(F)F)cc2)c(B2OC(C)(C)C(C)(C)O2)c1. The second kappa shape index (κ2) is 8.55. The summed E-state index contributed by atoms with van der Waals surface area (Å²) in [6.07, 6.45) is -3.31. The topological polar surface area (TPSA) is 47.6 Å². The van der Waals surface area contributed by atoms with Crippen molar-refractivity contribution in [1.82, 2.24) is 0 Å². The first-order valence-corrected chi connectivity index (χ1v) is 12.8. The average Bonchev–Trinajstić information content (AvgIpc) is 2.94. The molecule has 32 heavy (non-hydrogen) atoms. The van der Waals surface area contributed by atoms with Crippen molar-refractivity contribution in [1.29, 1.82) is 0 Å². The zero-order chi connectivity index (χ0) is 23.9. The summed E-state index contributed by atoms with van der Waals surface area (Å²) in [6.45, 7) is 11.6. The number of rotatable bonds is 6.